The first-order valence-electron chi connectivity index (χ1n) is 16.9. The molecule has 0 atom stereocenters. The maximum atomic E-state index is 6.57. The lowest BCUT2D eigenvalue weighted by atomic mass is 9.60. The van der Waals surface area contributed by atoms with Crippen molar-refractivity contribution in [1.82, 2.24) is 15.0 Å². The van der Waals surface area contributed by atoms with E-state index in [4.69, 9.17) is 19.4 Å². The summed E-state index contributed by atoms with van der Waals surface area (Å²) in [5.41, 5.74) is 12.2. The Morgan fingerprint density at radius 3 is 1.35 bits per heavy atom. The van der Waals surface area contributed by atoms with Gasteiger partial charge in [-0.25, -0.2) is 15.0 Å². The summed E-state index contributed by atoms with van der Waals surface area (Å²) in [5.74, 6) is 1.88. The second-order valence-electron chi connectivity index (χ2n) is 14.1. The molecule has 0 N–H and O–H groups in total. The van der Waals surface area contributed by atoms with Gasteiger partial charge in [-0.3, -0.25) is 0 Å². The lowest BCUT2D eigenvalue weighted by Gasteiger charge is -2.44. The SMILES string of the molecule is CC1(C)c2ccccc2C(C)(C)c2cc(-c3ccc4c(c3)oc3cc(-c5nc(-c6ccccc6)nc(-c6ccccc6)n5)ccc34)ccc21. The molecule has 0 spiro atoms. The Morgan fingerprint density at radius 1 is 0.367 bits per heavy atom. The standard InChI is InChI=1S/C45H35N3O/c1-44(2)35-17-11-12-18-36(35)45(3,4)38-25-30(21-24-37(38)44)31-19-22-33-34-23-20-32(27-40(34)49-39(33)26-31)43-47-41(28-13-7-5-8-14-28)46-42(48-43)29-15-9-6-10-16-29/h5-27H,1-4H3. The molecule has 0 amide bonds. The molecule has 0 fully saturated rings. The van der Waals surface area contributed by atoms with Gasteiger partial charge in [0.1, 0.15) is 11.2 Å². The summed E-state index contributed by atoms with van der Waals surface area (Å²) in [6, 6.07) is 48.8. The normalized spacial score (nSPS) is 14.4. The number of benzene rings is 6. The number of nitrogens with zero attached hydrogens (tertiary/aromatic N) is 3. The lowest BCUT2D eigenvalue weighted by Crippen LogP contribution is -2.36. The maximum Gasteiger partial charge on any atom is 0.164 e. The van der Waals surface area contributed by atoms with Gasteiger partial charge >= 0.3 is 0 Å². The van der Waals surface area contributed by atoms with Gasteiger partial charge in [-0.2, -0.15) is 0 Å². The molecular weight excluding hydrogens is 599 g/mol. The number of fused-ring (bicyclic) bond motifs is 5. The Morgan fingerprint density at radius 2 is 0.776 bits per heavy atom. The van der Waals surface area contributed by atoms with Crippen molar-refractivity contribution < 1.29 is 4.42 Å². The topological polar surface area (TPSA) is 51.8 Å². The van der Waals surface area contributed by atoms with Gasteiger partial charge in [0, 0.05) is 38.3 Å². The van der Waals surface area contributed by atoms with Crippen molar-refractivity contribution in [3.63, 3.8) is 0 Å². The van der Waals surface area contributed by atoms with Gasteiger partial charge in [0.05, 0.1) is 0 Å². The van der Waals surface area contributed by atoms with Crippen molar-refractivity contribution >= 4 is 21.9 Å². The molecule has 0 unspecified atom stereocenters. The molecule has 1 aliphatic rings. The number of furan rings is 1. The average Bonchev–Trinajstić information content (AvgIpc) is 3.52. The highest BCUT2D eigenvalue weighted by Gasteiger charge is 2.41. The van der Waals surface area contributed by atoms with Crippen LogP contribution in [0.3, 0.4) is 0 Å². The molecule has 0 saturated carbocycles. The summed E-state index contributed by atoms with van der Waals surface area (Å²) in [6.45, 7) is 9.39. The second kappa shape index (κ2) is 10.8. The van der Waals surface area contributed by atoms with E-state index in [-0.39, 0.29) is 10.8 Å². The third-order valence-corrected chi connectivity index (χ3v) is 10.4. The summed E-state index contributed by atoms with van der Waals surface area (Å²) in [7, 11) is 0. The quantitative estimate of drug-likeness (QED) is 0.193. The first-order chi connectivity index (χ1) is 23.8. The minimum Gasteiger partial charge on any atom is -0.456 e. The highest BCUT2D eigenvalue weighted by molar-refractivity contribution is 6.06. The highest BCUT2D eigenvalue weighted by atomic mass is 16.3. The van der Waals surface area contributed by atoms with Crippen molar-refractivity contribution in [2.24, 2.45) is 0 Å². The summed E-state index contributed by atoms with van der Waals surface area (Å²) in [4.78, 5) is 14.7. The van der Waals surface area contributed by atoms with Gasteiger partial charge < -0.3 is 4.42 Å². The van der Waals surface area contributed by atoms with Crippen LogP contribution in [-0.2, 0) is 10.8 Å². The molecule has 8 aromatic rings. The Balaban J connectivity index is 1.13. The number of hydrogen-bond donors (Lipinski definition) is 0. The van der Waals surface area contributed by atoms with E-state index in [1.807, 2.05) is 60.7 Å². The van der Waals surface area contributed by atoms with Gasteiger partial charge in [-0.15, -0.1) is 0 Å². The van der Waals surface area contributed by atoms with Crippen LogP contribution < -0.4 is 0 Å². The molecule has 2 aromatic heterocycles. The van der Waals surface area contributed by atoms with Crippen molar-refractivity contribution in [3.8, 4) is 45.3 Å². The molecule has 4 heteroatoms. The molecule has 9 rings (SSSR count). The fourth-order valence-corrected chi connectivity index (χ4v) is 7.68. The summed E-state index contributed by atoms with van der Waals surface area (Å²) in [5, 5.41) is 2.15. The van der Waals surface area contributed by atoms with Crippen molar-refractivity contribution in [3.05, 3.63) is 162 Å². The lowest BCUT2D eigenvalue weighted by molar-refractivity contribution is 0.521. The maximum absolute atomic E-state index is 6.57. The van der Waals surface area contributed by atoms with Crippen molar-refractivity contribution in [2.45, 2.75) is 38.5 Å². The average molecular weight is 634 g/mol. The van der Waals surface area contributed by atoms with E-state index in [1.54, 1.807) is 0 Å². The van der Waals surface area contributed by atoms with E-state index in [9.17, 15) is 0 Å². The van der Waals surface area contributed by atoms with E-state index in [0.717, 1.165) is 44.2 Å². The van der Waals surface area contributed by atoms with E-state index >= 15 is 0 Å². The van der Waals surface area contributed by atoms with E-state index in [0.29, 0.717) is 17.5 Å². The third kappa shape index (κ3) is 4.70. The Kier molecular flexibility index (Phi) is 6.47. The van der Waals surface area contributed by atoms with E-state index < -0.39 is 0 Å². The van der Waals surface area contributed by atoms with Gasteiger partial charge in [0.15, 0.2) is 17.5 Å². The van der Waals surface area contributed by atoms with Crippen LogP contribution in [0.15, 0.2) is 144 Å². The molecule has 1 aliphatic carbocycles. The summed E-state index contributed by atoms with van der Waals surface area (Å²) < 4.78 is 6.57. The Bertz CT molecular complexity index is 2490. The van der Waals surface area contributed by atoms with Crippen LogP contribution in [0.5, 0.6) is 0 Å². The Hall–Kier alpha value is -5.87. The van der Waals surface area contributed by atoms with Crippen LogP contribution >= 0.6 is 0 Å². The van der Waals surface area contributed by atoms with Gasteiger partial charge in [0.25, 0.3) is 0 Å². The van der Waals surface area contributed by atoms with Gasteiger partial charge in [0.2, 0.25) is 0 Å². The predicted octanol–water partition coefficient (Wildman–Crippen LogP) is 11.4. The highest BCUT2D eigenvalue weighted by Crippen LogP contribution is 2.50. The third-order valence-electron chi connectivity index (χ3n) is 10.4. The zero-order valence-corrected chi connectivity index (χ0v) is 28.0. The molecule has 4 nitrogen and oxygen atoms in total. The van der Waals surface area contributed by atoms with Crippen LogP contribution in [0.1, 0.15) is 49.9 Å². The number of aromatic nitrogens is 3. The Labute approximate surface area is 286 Å². The molecule has 49 heavy (non-hydrogen) atoms. The fraction of sp³-hybridized carbons (Fsp3) is 0.133. The number of hydrogen-bond acceptors (Lipinski definition) is 4. The van der Waals surface area contributed by atoms with Crippen molar-refractivity contribution in [2.75, 3.05) is 0 Å². The molecule has 2 heterocycles. The molecule has 6 aromatic carbocycles. The first-order valence-corrected chi connectivity index (χ1v) is 16.9. The summed E-state index contributed by atoms with van der Waals surface area (Å²) >= 11 is 0. The zero-order chi connectivity index (χ0) is 33.3. The van der Waals surface area contributed by atoms with Gasteiger partial charge in [-0.05, 0) is 63.7 Å². The smallest absolute Gasteiger partial charge is 0.164 e. The minimum absolute atomic E-state index is 0.0668. The van der Waals surface area contributed by atoms with Gasteiger partial charge in [-0.1, -0.05) is 137 Å². The van der Waals surface area contributed by atoms with Crippen LogP contribution in [-0.4, -0.2) is 15.0 Å². The molecule has 0 aliphatic heterocycles. The summed E-state index contributed by atoms with van der Waals surface area (Å²) in [6.07, 6.45) is 0. The van der Waals surface area contributed by atoms with Crippen LogP contribution in [0.2, 0.25) is 0 Å². The zero-order valence-electron chi connectivity index (χ0n) is 28.0. The molecule has 0 bridgehead atoms. The molecule has 0 radical (unpaired) electrons. The monoisotopic (exact) mass is 633 g/mol. The fourth-order valence-electron chi connectivity index (χ4n) is 7.68. The van der Waals surface area contributed by atoms with Crippen LogP contribution in [0, 0.1) is 0 Å². The largest absolute Gasteiger partial charge is 0.456 e. The number of rotatable bonds is 4. The molecule has 0 saturated heterocycles. The first kappa shape index (κ1) is 29.3. The molecular formula is C45H35N3O. The van der Waals surface area contributed by atoms with Crippen molar-refractivity contribution in [1.29, 1.82) is 0 Å². The predicted molar refractivity (Wildman–Crippen MR) is 200 cm³/mol. The van der Waals surface area contributed by atoms with Crippen LogP contribution in [0.4, 0.5) is 0 Å². The molecule has 236 valence electrons. The van der Waals surface area contributed by atoms with Crippen LogP contribution in [0.25, 0.3) is 67.2 Å². The van der Waals surface area contributed by atoms with E-state index in [2.05, 4.69) is 107 Å². The minimum atomic E-state index is -0.104. The second-order valence-corrected chi connectivity index (χ2v) is 14.1. The van der Waals surface area contributed by atoms with E-state index in [1.165, 1.54) is 27.8 Å².